The van der Waals surface area contributed by atoms with Gasteiger partial charge >= 0.3 is 5.97 Å². The minimum absolute atomic E-state index is 0.0534. The molecule has 2 fully saturated rings. The van der Waals surface area contributed by atoms with Crippen molar-refractivity contribution in [3.8, 4) is 0 Å². The Bertz CT molecular complexity index is 1350. The molecule has 0 bridgehead atoms. The van der Waals surface area contributed by atoms with Crippen molar-refractivity contribution < 1.29 is 23.5 Å². The number of ether oxygens (including phenoxy) is 1. The van der Waals surface area contributed by atoms with Crippen LogP contribution in [-0.4, -0.2) is 67.4 Å². The van der Waals surface area contributed by atoms with Gasteiger partial charge in [-0.2, -0.15) is 0 Å². The fourth-order valence-corrected chi connectivity index (χ4v) is 5.98. The number of nitrogens with one attached hydrogen (secondary N) is 1. The van der Waals surface area contributed by atoms with Gasteiger partial charge < -0.3 is 19.9 Å². The summed E-state index contributed by atoms with van der Waals surface area (Å²) >= 11 is 6.12. The van der Waals surface area contributed by atoms with Gasteiger partial charge in [0.05, 0.1) is 29.3 Å². The van der Waals surface area contributed by atoms with E-state index in [0.29, 0.717) is 42.5 Å². The summed E-state index contributed by atoms with van der Waals surface area (Å²) in [6.07, 6.45) is 0.711. The predicted molar refractivity (Wildman–Crippen MR) is 150 cm³/mol. The normalized spacial score (nSPS) is 19.2. The van der Waals surface area contributed by atoms with Gasteiger partial charge in [0, 0.05) is 38.3 Å². The highest BCUT2D eigenvalue weighted by Gasteiger charge is 2.42. The second-order valence-corrected chi connectivity index (χ2v) is 10.8. The molecule has 0 aromatic heterocycles. The van der Waals surface area contributed by atoms with Crippen LogP contribution in [0, 0.1) is 17.7 Å². The van der Waals surface area contributed by atoms with Crippen molar-refractivity contribution in [1.29, 1.82) is 0 Å². The van der Waals surface area contributed by atoms with E-state index < -0.39 is 11.8 Å². The Labute approximate surface area is 237 Å². The Balaban J connectivity index is 1.19. The lowest BCUT2D eigenvalue weighted by Gasteiger charge is -2.25. The Morgan fingerprint density at radius 1 is 0.925 bits per heavy atom. The van der Waals surface area contributed by atoms with Crippen molar-refractivity contribution in [3.63, 3.8) is 0 Å². The maximum absolute atomic E-state index is 14.3. The molecule has 5 rings (SSSR count). The van der Waals surface area contributed by atoms with E-state index in [2.05, 4.69) is 10.2 Å². The van der Waals surface area contributed by atoms with E-state index >= 15 is 0 Å². The summed E-state index contributed by atoms with van der Waals surface area (Å²) in [5.41, 5.74) is 1.81. The van der Waals surface area contributed by atoms with Crippen molar-refractivity contribution in [2.45, 2.75) is 12.5 Å². The number of hydrogen-bond acceptors (Lipinski definition) is 5. The van der Waals surface area contributed by atoms with Crippen molar-refractivity contribution >= 4 is 29.4 Å². The molecule has 2 heterocycles. The van der Waals surface area contributed by atoms with Crippen LogP contribution in [0.4, 0.5) is 4.39 Å². The van der Waals surface area contributed by atoms with Crippen LogP contribution in [0.15, 0.2) is 72.8 Å². The minimum atomic E-state index is -0.593. The van der Waals surface area contributed by atoms with Gasteiger partial charge in [-0.15, -0.1) is 0 Å². The molecule has 2 saturated heterocycles. The zero-order chi connectivity index (χ0) is 28.2. The summed E-state index contributed by atoms with van der Waals surface area (Å²) in [5.74, 6) is -0.988. The third-order valence-electron chi connectivity index (χ3n) is 7.84. The molecule has 2 aliphatic heterocycles. The first-order chi connectivity index (χ1) is 19.3. The van der Waals surface area contributed by atoms with E-state index in [1.807, 2.05) is 30.3 Å². The van der Waals surface area contributed by atoms with E-state index in [0.717, 1.165) is 25.2 Å². The number of carbonyl (C=O) groups is 3. The van der Waals surface area contributed by atoms with Crippen molar-refractivity contribution in [2.75, 3.05) is 39.8 Å². The molecule has 0 radical (unpaired) electrons. The largest absolute Gasteiger partial charge is 0.465 e. The van der Waals surface area contributed by atoms with E-state index in [4.69, 9.17) is 16.3 Å². The van der Waals surface area contributed by atoms with Gasteiger partial charge in [-0.1, -0.05) is 48.0 Å². The number of likely N-dealkylation sites (tertiary alicyclic amines) is 2. The fourth-order valence-electron chi connectivity index (χ4n) is 5.74. The Kier molecular flexibility index (Phi) is 8.47. The van der Waals surface area contributed by atoms with Gasteiger partial charge in [0.1, 0.15) is 5.82 Å². The van der Waals surface area contributed by atoms with Gasteiger partial charge in [-0.3, -0.25) is 9.59 Å². The first-order valence-electron chi connectivity index (χ1n) is 13.3. The quantitative estimate of drug-likeness (QED) is 0.397. The molecule has 208 valence electrons. The molecular formula is C31H31ClFN3O4. The number of hydrogen-bond donors (Lipinski definition) is 1. The number of fused-ring (bicyclic) bond motifs is 1. The summed E-state index contributed by atoms with van der Waals surface area (Å²) in [7, 11) is 1.32. The summed E-state index contributed by atoms with van der Waals surface area (Å²) in [4.78, 5) is 41.9. The van der Waals surface area contributed by atoms with Crippen molar-refractivity contribution in [3.05, 3.63) is 106 Å². The van der Waals surface area contributed by atoms with E-state index in [-0.39, 0.29) is 28.4 Å². The summed E-state index contributed by atoms with van der Waals surface area (Å²) in [5, 5.41) is 3.29. The minimum Gasteiger partial charge on any atom is -0.465 e. The van der Waals surface area contributed by atoms with Crippen LogP contribution < -0.4 is 5.32 Å². The summed E-state index contributed by atoms with van der Waals surface area (Å²) in [6, 6.07) is 20.3. The average molecular weight is 564 g/mol. The van der Waals surface area contributed by atoms with Gasteiger partial charge in [-0.25, -0.2) is 9.18 Å². The average Bonchev–Trinajstić information content (AvgIpc) is 3.54. The molecule has 3 aromatic rings. The van der Waals surface area contributed by atoms with Crippen LogP contribution in [0.2, 0.25) is 5.02 Å². The van der Waals surface area contributed by atoms with E-state index in [1.165, 1.54) is 25.3 Å². The predicted octanol–water partition coefficient (Wildman–Crippen LogP) is 4.83. The zero-order valence-corrected chi connectivity index (χ0v) is 22.9. The van der Waals surface area contributed by atoms with Gasteiger partial charge in [-0.05, 0) is 60.2 Å². The van der Waals surface area contributed by atoms with Gasteiger partial charge in [0.2, 0.25) is 0 Å². The molecule has 0 saturated carbocycles. The van der Waals surface area contributed by atoms with Crippen LogP contribution in [0.25, 0.3) is 0 Å². The van der Waals surface area contributed by atoms with Crippen molar-refractivity contribution in [2.24, 2.45) is 11.8 Å². The third kappa shape index (κ3) is 6.03. The highest BCUT2D eigenvalue weighted by atomic mass is 35.5. The molecule has 1 N–H and O–H groups in total. The smallest absolute Gasteiger partial charge is 0.337 e. The molecule has 7 nitrogen and oxygen atoms in total. The Hall–Kier alpha value is -3.75. The fraction of sp³-hybridized carbons (Fsp3) is 0.323. The molecule has 9 heteroatoms. The number of benzene rings is 3. The SMILES string of the molecule is COC(=O)c1ccc(C(=O)NC(CCN2CC3CN(C(=O)c4c(F)cccc4Cl)C[C@@H]3C2)c2ccccc2)cc1. The first-order valence-corrected chi connectivity index (χ1v) is 13.7. The number of nitrogens with zero attached hydrogens (tertiary/aromatic N) is 2. The lowest BCUT2D eigenvalue weighted by atomic mass is 10.0. The second kappa shape index (κ2) is 12.2. The van der Waals surface area contributed by atoms with E-state index in [9.17, 15) is 18.8 Å². The van der Waals surface area contributed by atoms with Crippen LogP contribution in [0.3, 0.4) is 0 Å². The van der Waals surface area contributed by atoms with Crippen LogP contribution in [-0.2, 0) is 4.74 Å². The molecule has 2 amide bonds. The maximum atomic E-state index is 14.3. The molecule has 40 heavy (non-hydrogen) atoms. The third-order valence-corrected chi connectivity index (χ3v) is 8.15. The van der Waals surface area contributed by atoms with Crippen molar-refractivity contribution in [1.82, 2.24) is 15.1 Å². The Morgan fingerprint density at radius 3 is 2.20 bits per heavy atom. The molecule has 2 aliphatic rings. The lowest BCUT2D eigenvalue weighted by Crippen LogP contribution is -2.35. The first kappa shape index (κ1) is 27.8. The van der Waals surface area contributed by atoms with Crippen LogP contribution in [0.1, 0.15) is 49.1 Å². The molecule has 3 atom stereocenters. The van der Waals surface area contributed by atoms with Crippen LogP contribution in [0.5, 0.6) is 0 Å². The molecule has 3 aromatic carbocycles. The summed E-state index contributed by atoms with van der Waals surface area (Å²) in [6.45, 7) is 3.60. The summed E-state index contributed by atoms with van der Waals surface area (Å²) < 4.78 is 19.0. The maximum Gasteiger partial charge on any atom is 0.337 e. The Morgan fingerprint density at radius 2 is 1.57 bits per heavy atom. The highest BCUT2D eigenvalue weighted by molar-refractivity contribution is 6.33. The van der Waals surface area contributed by atoms with E-state index in [1.54, 1.807) is 29.2 Å². The standard InChI is InChI=1S/C31H31ClFN3O4/c1-40-31(39)22-12-10-21(11-13-22)29(37)34-27(20-6-3-2-4-7-20)14-15-35-16-23-18-36(19-24(23)17-35)30(38)28-25(32)8-5-9-26(28)33/h2-13,23-24,27H,14-19H2,1H3,(H,34,37)/t23-,24?,27?/m0/s1. The lowest BCUT2D eigenvalue weighted by molar-refractivity contribution is 0.0600. The number of rotatable bonds is 8. The monoisotopic (exact) mass is 563 g/mol. The van der Waals surface area contributed by atoms with Gasteiger partial charge in [0.25, 0.3) is 11.8 Å². The number of halogens is 2. The number of carbonyl (C=O) groups excluding carboxylic acids is 3. The molecular weight excluding hydrogens is 533 g/mol. The number of methoxy groups -OCH3 is 1. The molecule has 0 aliphatic carbocycles. The van der Waals surface area contributed by atoms with Gasteiger partial charge in [0.15, 0.2) is 0 Å². The molecule has 2 unspecified atom stereocenters. The highest BCUT2D eigenvalue weighted by Crippen LogP contribution is 2.34. The number of amides is 2. The molecule has 0 spiro atoms. The van der Waals surface area contributed by atoms with Crippen LogP contribution >= 0.6 is 11.6 Å². The second-order valence-electron chi connectivity index (χ2n) is 10.4. The topological polar surface area (TPSA) is 79.0 Å². The number of esters is 1. The zero-order valence-electron chi connectivity index (χ0n) is 22.2.